The van der Waals surface area contributed by atoms with Crippen molar-refractivity contribution in [3.05, 3.63) is 48.4 Å². The zero-order chi connectivity index (χ0) is 14.1. The second-order valence-corrected chi connectivity index (χ2v) is 5.49. The molecule has 3 aromatic rings. The zero-order valence-electron chi connectivity index (χ0n) is 12.2. The number of hydrogen-bond donors (Lipinski definition) is 1. The predicted octanol–water partition coefficient (Wildman–Crippen LogP) is 4.13. The summed E-state index contributed by atoms with van der Waals surface area (Å²) in [6, 6.07) is 14.7. The summed E-state index contributed by atoms with van der Waals surface area (Å²) in [6.07, 6.45) is 3.50. The lowest BCUT2D eigenvalue weighted by atomic mass is 10.0. The Balaban J connectivity index is 0.00000144. The SMILES string of the molecule is Cl.c1ccc2c(-c3noc([C@@H]4CCCCN4)n3)cccc2c1. The van der Waals surface area contributed by atoms with Crippen molar-refractivity contribution >= 4 is 23.2 Å². The van der Waals surface area contributed by atoms with E-state index in [9.17, 15) is 0 Å². The number of aromatic nitrogens is 2. The molecule has 0 spiro atoms. The molecule has 0 bridgehead atoms. The van der Waals surface area contributed by atoms with Gasteiger partial charge in [0.1, 0.15) is 0 Å². The molecule has 1 atom stereocenters. The number of fused-ring (bicyclic) bond motifs is 1. The van der Waals surface area contributed by atoms with Crippen LogP contribution in [0, 0.1) is 0 Å². The lowest BCUT2D eigenvalue weighted by Gasteiger charge is -2.19. The Kier molecular flexibility index (Phi) is 4.41. The van der Waals surface area contributed by atoms with Crippen LogP contribution < -0.4 is 5.32 Å². The predicted molar refractivity (Wildman–Crippen MR) is 89.1 cm³/mol. The van der Waals surface area contributed by atoms with Crippen molar-refractivity contribution in [2.75, 3.05) is 6.54 Å². The van der Waals surface area contributed by atoms with Gasteiger partial charge >= 0.3 is 0 Å². The Bertz CT molecular complexity index is 760. The highest BCUT2D eigenvalue weighted by molar-refractivity contribution is 5.94. The first-order chi connectivity index (χ1) is 10.4. The second-order valence-electron chi connectivity index (χ2n) is 5.49. The van der Waals surface area contributed by atoms with Crippen LogP contribution >= 0.6 is 12.4 Å². The van der Waals surface area contributed by atoms with Gasteiger partial charge in [0.25, 0.3) is 0 Å². The van der Waals surface area contributed by atoms with E-state index in [0.717, 1.165) is 23.9 Å². The quantitative estimate of drug-likeness (QED) is 0.772. The van der Waals surface area contributed by atoms with Gasteiger partial charge in [-0.3, -0.25) is 0 Å². The molecule has 0 aliphatic carbocycles. The zero-order valence-corrected chi connectivity index (χ0v) is 13.0. The van der Waals surface area contributed by atoms with Crippen molar-refractivity contribution in [2.45, 2.75) is 25.3 Å². The standard InChI is InChI=1S/C17H17N3O.ClH/c1-2-8-13-12(6-1)7-5-9-14(13)16-19-17(21-20-16)15-10-3-4-11-18-15;/h1-2,5-9,15,18H,3-4,10-11H2;1H/t15-;/m0./s1. The monoisotopic (exact) mass is 315 g/mol. The molecule has 4 nitrogen and oxygen atoms in total. The van der Waals surface area contributed by atoms with Gasteiger partial charge in [-0.1, -0.05) is 54.0 Å². The summed E-state index contributed by atoms with van der Waals surface area (Å²) < 4.78 is 5.48. The fourth-order valence-electron chi connectivity index (χ4n) is 2.97. The summed E-state index contributed by atoms with van der Waals surface area (Å²) in [5.74, 6) is 1.38. The third-order valence-electron chi connectivity index (χ3n) is 4.08. The maximum Gasteiger partial charge on any atom is 0.244 e. The van der Waals surface area contributed by atoms with E-state index in [-0.39, 0.29) is 18.4 Å². The van der Waals surface area contributed by atoms with E-state index in [1.54, 1.807) is 0 Å². The third kappa shape index (κ3) is 2.72. The molecule has 1 saturated heterocycles. The molecule has 5 heteroatoms. The van der Waals surface area contributed by atoms with E-state index in [1.807, 2.05) is 24.3 Å². The van der Waals surface area contributed by atoms with E-state index in [1.165, 1.54) is 18.2 Å². The van der Waals surface area contributed by atoms with Gasteiger partial charge in [-0.15, -0.1) is 12.4 Å². The lowest BCUT2D eigenvalue weighted by molar-refractivity contribution is 0.297. The first-order valence-corrected chi connectivity index (χ1v) is 7.47. The van der Waals surface area contributed by atoms with Gasteiger partial charge in [-0.05, 0) is 30.2 Å². The molecule has 2 aromatic carbocycles. The van der Waals surface area contributed by atoms with Crippen LogP contribution in [0.5, 0.6) is 0 Å². The van der Waals surface area contributed by atoms with Crippen molar-refractivity contribution < 1.29 is 4.52 Å². The smallest absolute Gasteiger partial charge is 0.244 e. The summed E-state index contributed by atoms with van der Waals surface area (Å²) in [7, 11) is 0. The van der Waals surface area contributed by atoms with Gasteiger partial charge in [0, 0.05) is 5.56 Å². The maximum atomic E-state index is 5.48. The van der Waals surface area contributed by atoms with Crippen molar-refractivity contribution in [3.8, 4) is 11.4 Å². The third-order valence-corrected chi connectivity index (χ3v) is 4.08. The van der Waals surface area contributed by atoms with Gasteiger partial charge in [0.2, 0.25) is 11.7 Å². The fourth-order valence-corrected chi connectivity index (χ4v) is 2.97. The molecule has 2 heterocycles. The lowest BCUT2D eigenvalue weighted by Crippen LogP contribution is -2.26. The largest absolute Gasteiger partial charge is 0.337 e. The average Bonchev–Trinajstić information content (AvgIpc) is 3.05. The maximum absolute atomic E-state index is 5.48. The fraction of sp³-hybridized carbons (Fsp3) is 0.294. The summed E-state index contributed by atoms with van der Waals surface area (Å²) in [4.78, 5) is 4.61. The normalized spacial score (nSPS) is 18.1. The van der Waals surface area contributed by atoms with Crippen LogP contribution in [-0.4, -0.2) is 16.7 Å². The Morgan fingerprint density at radius 1 is 1.05 bits per heavy atom. The van der Waals surface area contributed by atoms with Crippen molar-refractivity contribution in [1.82, 2.24) is 15.5 Å². The Hall–Kier alpha value is -1.91. The summed E-state index contributed by atoms with van der Waals surface area (Å²) in [5.41, 5.74) is 1.03. The minimum atomic E-state index is 0. The molecule has 1 aliphatic heterocycles. The molecule has 1 fully saturated rings. The molecule has 114 valence electrons. The highest BCUT2D eigenvalue weighted by atomic mass is 35.5. The Morgan fingerprint density at radius 2 is 1.91 bits per heavy atom. The molecular weight excluding hydrogens is 298 g/mol. The van der Waals surface area contributed by atoms with Crippen molar-refractivity contribution in [1.29, 1.82) is 0 Å². The van der Waals surface area contributed by atoms with Crippen LogP contribution in [0.15, 0.2) is 47.0 Å². The molecule has 22 heavy (non-hydrogen) atoms. The molecule has 0 radical (unpaired) electrons. The van der Waals surface area contributed by atoms with Gasteiger partial charge in [-0.25, -0.2) is 0 Å². The summed E-state index contributed by atoms with van der Waals surface area (Å²) in [5, 5.41) is 9.97. The van der Waals surface area contributed by atoms with Gasteiger partial charge < -0.3 is 9.84 Å². The van der Waals surface area contributed by atoms with Crippen LogP contribution in [-0.2, 0) is 0 Å². The van der Waals surface area contributed by atoms with E-state index < -0.39 is 0 Å². The topological polar surface area (TPSA) is 51.0 Å². The number of benzene rings is 2. The van der Waals surface area contributed by atoms with Gasteiger partial charge in [0.05, 0.1) is 6.04 Å². The van der Waals surface area contributed by atoms with Crippen LogP contribution in [0.1, 0.15) is 31.2 Å². The molecule has 4 rings (SSSR count). The van der Waals surface area contributed by atoms with Crippen LogP contribution in [0.3, 0.4) is 0 Å². The van der Waals surface area contributed by atoms with Crippen molar-refractivity contribution in [2.24, 2.45) is 0 Å². The number of hydrogen-bond acceptors (Lipinski definition) is 4. The highest BCUT2D eigenvalue weighted by Gasteiger charge is 2.21. The van der Waals surface area contributed by atoms with Crippen LogP contribution in [0.25, 0.3) is 22.2 Å². The Labute approximate surface area is 135 Å². The van der Waals surface area contributed by atoms with E-state index in [4.69, 9.17) is 4.52 Å². The number of piperidine rings is 1. The molecule has 0 saturated carbocycles. The van der Waals surface area contributed by atoms with E-state index in [0.29, 0.717) is 11.7 Å². The molecule has 1 aliphatic rings. The average molecular weight is 316 g/mol. The number of nitrogens with zero attached hydrogens (tertiary/aromatic N) is 2. The first-order valence-electron chi connectivity index (χ1n) is 7.47. The minimum Gasteiger partial charge on any atom is -0.337 e. The van der Waals surface area contributed by atoms with Gasteiger partial charge in [0.15, 0.2) is 0 Å². The second kappa shape index (κ2) is 6.46. The highest BCUT2D eigenvalue weighted by Crippen LogP contribution is 2.28. The van der Waals surface area contributed by atoms with Gasteiger partial charge in [-0.2, -0.15) is 4.98 Å². The minimum absolute atomic E-state index is 0. The summed E-state index contributed by atoms with van der Waals surface area (Å²) >= 11 is 0. The molecule has 1 aromatic heterocycles. The Morgan fingerprint density at radius 3 is 2.77 bits per heavy atom. The molecule has 1 N–H and O–H groups in total. The molecule has 0 unspecified atom stereocenters. The first kappa shape index (κ1) is 15.0. The van der Waals surface area contributed by atoms with E-state index >= 15 is 0 Å². The molecular formula is C17H18ClN3O. The van der Waals surface area contributed by atoms with E-state index in [2.05, 4.69) is 33.7 Å². The summed E-state index contributed by atoms with van der Waals surface area (Å²) in [6.45, 7) is 1.02. The number of nitrogens with one attached hydrogen (secondary N) is 1. The molecule has 0 amide bonds. The van der Waals surface area contributed by atoms with Crippen LogP contribution in [0.2, 0.25) is 0 Å². The number of halogens is 1. The number of rotatable bonds is 2. The van der Waals surface area contributed by atoms with Crippen LogP contribution in [0.4, 0.5) is 0 Å². The van der Waals surface area contributed by atoms with Crippen molar-refractivity contribution in [3.63, 3.8) is 0 Å².